The molecule has 2 heterocycles. The van der Waals surface area contributed by atoms with Crippen molar-refractivity contribution < 1.29 is 34.7 Å². The van der Waals surface area contributed by atoms with Gasteiger partial charge < -0.3 is 18.9 Å². The Labute approximate surface area is 234 Å². The molecule has 1 saturated heterocycles. The van der Waals surface area contributed by atoms with Crippen LogP contribution in [0.15, 0.2) is 108 Å². The van der Waals surface area contributed by atoms with E-state index in [9.17, 15) is 19.2 Å². The van der Waals surface area contributed by atoms with Crippen LogP contribution < -0.4 is 11.2 Å². The van der Waals surface area contributed by atoms with Crippen LogP contribution in [0.5, 0.6) is 0 Å². The molecule has 0 amide bonds. The first-order chi connectivity index (χ1) is 20.3. The summed E-state index contributed by atoms with van der Waals surface area (Å²) in [6.07, 6.45) is -4.34. The van der Waals surface area contributed by atoms with E-state index in [2.05, 4.69) is 4.98 Å². The summed E-state index contributed by atoms with van der Waals surface area (Å²) in [4.78, 5) is 54.2. The van der Waals surface area contributed by atoms with Crippen molar-refractivity contribution in [1.82, 2.24) is 9.55 Å². The van der Waals surface area contributed by atoms with Crippen LogP contribution in [0.25, 0.3) is 0 Å². The molecule has 4 atom stereocenters. The lowest BCUT2D eigenvalue weighted by Crippen LogP contribution is -2.43. The van der Waals surface area contributed by atoms with Crippen LogP contribution in [0.4, 0.5) is 0 Å². The molecule has 3 aromatic carbocycles. The van der Waals surface area contributed by atoms with E-state index in [1.54, 1.807) is 66.7 Å². The number of hydrogen-bond donors (Lipinski definition) is 2. The van der Waals surface area contributed by atoms with E-state index in [-0.39, 0.29) is 22.7 Å². The normalized spacial score (nSPS) is 20.0. The van der Waals surface area contributed by atoms with Crippen LogP contribution in [0, 0.1) is 5.41 Å². The Morgan fingerprint density at radius 3 is 1.83 bits per heavy atom. The second kappa shape index (κ2) is 12.3. The number of H-pyrrole nitrogens is 1. The Morgan fingerprint density at radius 2 is 1.29 bits per heavy atom. The van der Waals surface area contributed by atoms with Crippen LogP contribution in [0.1, 0.15) is 38.7 Å². The van der Waals surface area contributed by atoms with Crippen LogP contribution >= 0.6 is 0 Å². The number of ether oxygens (including phenoxy) is 4. The summed E-state index contributed by atoms with van der Waals surface area (Å²) in [6.45, 7) is -0.431. The van der Waals surface area contributed by atoms with Gasteiger partial charge in [-0.25, -0.2) is 19.2 Å². The van der Waals surface area contributed by atoms with Crippen molar-refractivity contribution in [1.29, 1.82) is 5.41 Å². The van der Waals surface area contributed by atoms with E-state index in [1.165, 1.54) is 24.3 Å². The largest absolute Gasteiger partial charge is 0.459 e. The van der Waals surface area contributed by atoms with Gasteiger partial charge in [0, 0.05) is 6.20 Å². The Morgan fingerprint density at radius 1 is 0.805 bits per heavy atom. The second-order valence-electron chi connectivity index (χ2n) is 8.99. The summed E-state index contributed by atoms with van der Waals surface area (Å²) in [5, 5.41) is 7.76. The molecule has 2 N–H and O–H groups in total. The number of esters is 3. The molecule has 1 fully saturated rings. The van der Waals surface area contributed by atoms with Crippen LogP contribution in [-0.4, -0.2) is 52.4 Å². The Bertz CT molecular complexity index is 1690. The van der Waals surface area contributed by atoms with Crippen molar-refractivity contribution >= 4 is 17.9 Å². The van der Waals surface area contributed by atoms with E-state index in [0.29, 0.717) is 0 Å². The number of carbonyl (C=O) groups is 3. The standard InChI is InChI=1S/C30H25N3O8/c31-23-16-17-33(30(37)32-23)26-25(41-29(36)21-14-8-3-9-15-21)24(40-28(35)20-12-6-2-7-13-20)22(39-26)18-38-27(34)19-10-4-1-5-11-19/h1-17,22,24-26H,18H2,(H2,31,32,37)/t22-,24?,25?,26-/m1/s1/i16D. The van der Waals surface area contributed by atoms with Crippen molar-refractivity contribution in [3.8, 4) is 0 Å². The highest BCUT2D eigenvalue weighted by molar-refractivity contribution is 5.91. The van der Waals surface area contributed by atoms with Gasteiger partial charge in [0.15, 0.2) is 18.4 Å². The minimum Gasteiger partial charge on any atom is -0.459 e. The van der Waals surface area contributed by atoms with Crippen molar-refractivity contribution in [2.24, 2.45) is 0 Å². The zero-order chi connectivity index (χ0) is 29.6. The smallest absolute Gasteiger partial charge is 0.338 e. The number of carbonyl (C=O) groups excluding carboxylic acids is 3. The predicted molar refractivity (Wildman–Crippen MR) is 143 cm³/mol. The molecule has 208 valence electrons. The summed E-state index contributed by atoms with van der Waals surface area (Å²) < 4.78 is 32.1. The molecular formula is C30H25N3O8. The maximum absolute atomic E-state index is 13.2. The Hall–Kier alpha value is -5.29. The molecule has 11 nitrogen and oxygen atoms in total. The minimum absolute atomic E-state index is 0.185. The molecule has 0 radical (unpaired) electrons. The second-order valence-corrected chi connectivity index (χ2v) is 8.99. The highest BCUT2D eigenvalue weighted by atomic mass is 16.7. The number of benzene rings is 3. The summed E-state index contributed by atoms with van der Waals surface area (Å²) in [5.41, 5.74) is -0.617. The third-order valence-electron chi connectivity index (χ3n) is 6.27. The SMILES string of the molecule is [2H]c1cn([C@@H]2O[C@H](COC(=O)c3ccccc3)C(OC(=O)c3ccccc3)C2OC(=O)c2ccccc2)c(=O)[nH]c1=N. The van der Waals surface area contributed by atoms with Crippen LogP contribution in [0.2, 0.25) is 0 Å². The summed E-state index contributed by atoms with van der Waals surface area (Å²) in [7, 11) is 0. The van der Waals surface area contributed by atoms with Crippen LogP contribution in [-0.2, 0) is 18.9 Å². The lowest BCUT2D eigenvalue weighted by atomic mass is 10.1. The van der Waals surface area contributed by atoms with Crippen LogP contribution in [0.3, 0.4) is 0 Å². The molecule has 0 bridgehead atoms. The molecule has 0 saturated carbocycles. The number of aromatic amines is 1. The maximum atomic E-state index is 13.2. The van der Waals surface area contributed by atoms with Gasteiger partial charge in [-0.1, -0.05) is 54.6 Å². The van der Waals surface area contributed by atoms with Crippen molar-refractivity contribution in [2.45, 2.75) is 24.5 Å². The predicted octanol–water partition coefficient (Wildman–Crippen LogP) is 2.86. The van der Waals surface area contributed by atoms with Crippen molar-refractivity contribution in [3.63, 3.8) is 0 Å². The number of nitrogens with zero attached hydrogens (tertiary/aromatic N) is 1. The van der Waals surface area contributed by atoms with Crippen molar-refractivity contribution in [3.05, 3.63) is 136 Å². The topological polar surface area (TPSA) is 150 Å². The fraction of sp³-hybridized carbons (Fsp3) is 0.167. The van der Waals surface area contributed by atoms with E-state index < -0.39 is 60.2 Å². The lowest BCUT2D eigenvalue weighted by Gasteiger charge is -2.25. The van der Waals surface area contributed by atoms with Crippen molar-refractivity contribution in [2.75, 3.05) is 6.61 Å². The zero-order valence-electron chi connectivity index (χ0n) is 22.5. The maximum Gasteiger partial charge on any atom is 0.338 e. The van der Waals surface area contributed by atoms with Gasteiger partial charge in [-0.2, -0.15) is 0 Å². The average molecular weight is 557 g/mol. The third kappa shape index (κ3) is 6.31. The molecule has 4 aromatic rings. The third-order valence-corrected chi connectivity index (χ3v) is 6.27. The monoisotopic (exact) mass is 556 g/mol. The molecule has 5 rings (SSSR count). The first kappa shape index (κ1) is 26.0. The number of hydrogen-bond acceptors (Lipinski definition) is 9. The minimum atomic E-state index is -1.42. The van der Waals surface area contributed by atoms with E-state index in [0.717, 1.165) is 10.8 Å². The molecule has 1 aromatic heterocycles. The first-order valence-corrected chi connectivity index (χ1v) is 12.6. The molecule has 2 unspecified atom stereocenters. The molecule has 0 aliphatic carbocycles. The average Bonchev–Trinajstić information content (AvgIpc) is 3.34. The molecule has 41 heavy (non-hydrogen) atoms. The number of rotatable bonds is 8. The molecular weight excluding hydrogens is 530 g/mol. The van der Waals surface area contributed by atoms with Gasteiger partial charge in [0.2, 0.25) is 0 Å². The molecule has 0 spiro atoms. The molecule has 11 heteroatoms. The summed E-state index contributed by atoms with van der Waals surface area (Å²) in [5.74, 6) is -2.24. The number of nitrogens with one attached hydrogen (secondary N) is 2. The fourth-order valence-electron chi connectivity index (χ4n) is 4.27. The van der Waals surface area contributed by atoms with Gasteiger partial charge >= 0.3 is 23.6 Å². The first-order valence-electron chi connectivity index (χ1n) is 13.1. The van der Waals surface area contributed by atoms with Gasteiger partial charge in [-0.05, 0) is 42.4 Å². The highest BCUT2D eigenvalue weighted by Crippen LogP contribution is 2.34. The summed E-state index contributed by atoms with van der Waals surface area (Å²) >= 11 is 0. The van der Waals surface area contributed by atoms with Gasteiger partial charge in [-0.3, -0.25) is 15.0 Å². The quantitative estimate of drug-likeness (QED) is 0.249. The summed E-state index contributed by atoms with van der Waals surface area (Å²) in [6, 6.07) is 24.0. The van der Waals surface area contributed by atoms with Gasteiger partial charge in [0.1, 0.15) is 18.2 Å². The Balaban J connectivity index is 1.52. The van der Waals surface area contributed by atoms with E-state index in [4.69, 9.17) is 25.7 Å². The lowest BCUT2D eigenvalue weighted by molar-refractivity contribution is -0.0640. The van der Waals surface area contributed by atoms with Gasteiger partial charge in [0.05, 0.1) is 18.1 Å². The zero-order valence-corrected chi connectivity index (χ0v) is 21.5. The Kier molecular flexibility index (Phi) is 7.77. The van der Waals surface area contributed by atoms with Gasteiger partial charge in [-0.15, -0.1) is 0 Å². The van der Waals surface area contributed by atoms with E-state index in [1.807, 2.05) is 0 Å². The van der Waals surface area contributed by atoms with E-state index >= 15 is 0 Å². The molecule has 1 aliphatic heterocycles. The highest BCUT2D eigenvalue weighted by Gasteiger charge is 2.51. The number of aromatic nitrogens is 2. The molecule has 1 aliphatic rings. The fourth-order valence-corrected chi connectivity index (χ4v) is 4.27. The van der Waals surface area contributed by atoms with Gasteiger partial charge in [0.25, 0.3) is 0 Å².